The molecule has 0 bridgehead atoms. The summed E-state index contributed by atoms with van der Waals surface area (Å²) < 4.78 is 5.31. The maximum absolute atomic E-state index is 11.5. The zero-order valence-electron chi connectivity index (χ0n) is 10.2. The van der Waals surface area contributed by atoms with Crippen molar-refractivity contribution in [2.45, 2.75) is 18.1 Å². The minimum Gasteiger partial charge on any atom is -0.381 e. The number of urea groups is 1. The van der Waals surface area contributed by atoms with Crippen molar-refractivity contribution in [3.05, 3.63) is 17.5 Å². The Morgan fingerprint density at radius 1 is 1.50 bits per heavy atom. The number of anilines is 1. The molecule has 6 heteroatoms. The molecule has 2 rings (SSSR count). The van der Waals surface area contributed by atoms with Crippen LogP contribution in [0.4, 0.5) is 9.80 Å². The van der Waals surface area contributed by atoms with Crippen LogP contribution >= 0.6 is 23.1 Å². The number of carbonyl (C=O) groups excluding carboxylic acids is 1. The normalized spacial score (nSPS) is 16.4. The van der Waals surface area contributed by atoms with E-state index in [0.29, 0.717) is 11.8 Å². The fourth-order valence-electron chi connectivity index (χ4n) is 1.74. The van der Waals surface area contributed by atoms with E-state index in [-0.39, 0.29) is 6.03 Å². The van der Waals surface area contributed by atoms with Crippen LogP contribution in [0.25, 0.3) is 0 Å². The van der Waals surface area contributed by atoms with Crippen molar-refractivity contribution in [2.24, 2.45) is 0 Å². The van der Waals surface area contributed by atoms with E-state index < -0.39 is 0 Å². The molecule has 1 aliphatic rings. The minimum atomic E-state index is -0.120. The molecule has 2 heterocycles. The standard InChI is InChI=1S/C12H18N2O2S2/c15-12(14-11-2-1-8-18-11)13-5-9-17-10-3-6-16-7-4-10/h1-2,8,10H,3-7,9H2,(H2,13,14,15). The SMILES string of the molecule is O=C(NCCSC1CCOCC1)Nc1cccs1. The first-order valence-electron chi connectivity index (χ1n) is 6.12. The highest BCUT2D eigenvalue weighted by molar-refractivity contribution is 7.99. The molecule has 1 aliphatic heterocycles. The Bertz CT molecular complexity index is 351. The van der Waals surface area contributed by atoms with Crippen LogP contribution in [0, 0.1) is 0 Å². The second kappa shape index (κ2) is 7.66. The van der Waals surface area contributed by atoms with Crippen LogP contribution in [0.1, 0.15) is 12.8 Å². The zero-order valence-corrected chi connectivity index (χ0v) is 11.8. The summed E-state index contributed by atoms with van der Waals surface area (Å²) in [5, 5.41) is 9.18. The Hall–Kier alpha value is -0.720. The Kier molecular flexibility index (Phi) is 5.83. The number of hydrogen-bond acceptors (Lipinski definition) is 4. The third-order valence-corrected chi connectivity index (χ3v) is 4.84. The molecular formula is C12H18N2O2S2. The second-order valence-electron chi connectivity index (χ2n) is 4.04. The fourth-order valence-corrected chi connectivity index (χ4v) is 3.43. The summed E-state index contributed by atoms with van der Waals surface area (Å²) in [6.45, 7) is 2.47. The highest BCUT2D eigenvalue weighted by Gasteiger charge is 2.13. The number of thiophene rings is 1. The summed E-state index contributed by atoms with van der Waals surface area (Å²) in [5.41, 5.74) is 0. The number of ether oxygens (including phenoxy) is 1. The summed E-state index contributed by atoms with van der Waals surface area (Å²) in [7, 11) is 0. The van der Waals surface area contributed by atoms with Crippen molar-refractivity contribution in [1.29, 1.82) is 0 Å². The summed E-state index contributed by atoms with van der Waals surface area (Å²) in [6.07, 6.45) is 2.26. The van der Waals surface area contributed by atoms with Gasteiger partial charge in [-0.1, -0.05) is 0 Å². The van der Waals surface area contributed by atoms with Crippen LogP contribution in [0.3, 0.4) is 0 Å². The largest absolute Gasteiger partial charge is 0.381 e. The van der Waals surface area contributed by atoms with Crippen molar-refractivity contribution < 1.29 is 9.53 Å². The molecule has 0 saturated carbocycles. The molecule has 0 unspecified atom stereocenters. The number of hydrogen-bond donors (Lipinski definition) is 2. The predicted octanol–water partition coefficient (Wildman–Crippen LogP) is 2.78. The molecule has 0 atom stereocenters. The lowest BCUT2D eigenvalue weighted by atomic mass is 10.2. The average molecular weight is 286 g/mol. The lowest BCUT2D eigenvalue weighted by Gasteiger charge is -2.21. The monoisotopic (exact) mass is 286 g/mol. The minimum absolute atomic E-state index is 0.120. The Balaban J connectivity index is 1.53. The molecule has 100 valence electrons. The molecule has 0 spiro atoms. The molecule has 2 N–H and O–H groups in total. The first-order valence-corrected chi connectivity index (χ1v) is 8.05. The molecule has 1 aromatic rings. The molecule has 0 radical (unpaired) electrons. The average Bonchev–Trinajstić information content (AvgIpc) is 2.89. The van der Waals surface area contributed by atoms with E-state index in [4.69, 9.17) is 4.74 Å². The van der Waals surface area contributed by atoms with Crippen molar-refractivity contribution >= 4 is 34.1 Å². The number of amides is 2. The molecule has 18 heavy (non-hydrogen) atoms. The van der Waals surface area contributed by atoms with Gasteiger partial charge >= 0.3 is 6.03 Å². The third-order valence-electron chi connectivity index (χ3n) is 2.67. The Morgan fingerprint density at radius 2 is 2.33 bits per heavy atom. The van der Waals surface area contributed by atoms with Crippen LogP contribution in [-0.2, 0) is 4.74 Å². The first kappa shape index (κ1) is 13.7. The van der Waals surface area contributed by atoms with Gasteiger partial charge in [0.25, 0.3) is 0 Å². The van der Waals surface area contributed by atoms with E-state index in [1.165, 1.54) is 11.3 Å². The predicted molar refractivity (Wildman–Crippen MR) is 77.6 cm³/mol. The van der Waals surface area contributed by atoms with Gasteiger partial charge < -0.3 is 10.1 Å². The summed E-state index contributed by atoms with van der Waals surface area (Å²) >= 11 is 3.45. The molecule has 0 aromatic carbocycles. The Morgan fingerprint density at radius 3 is 3.06 bits per heavy atom. The first-order chi connectivity index (χ1) is 8.84. The van der Waals surface area contributed by atoms with Crippen molar-refractivity contribution in [3.8, 4) is 0 Å². The van der Waals surface area contributed by atoms with Crippen LogP contribution < -0.4 is 10.6 Å². The topological polar surface area (TPSA) is 50.4 Å². The molecule has 4 nitrogen and oxygen atoms in total. The summed E-state index contributed by atoms with van der Waals surface area (Å²) in [4.78, 5) is 11.5. The number of thioether (sulfide) groups is 1. The Labute approximate surface area is 115 Å². The second-order valence-corrected chi connectivity index (χ2v) is 6.40. The zero-order chi connectivity index (χ0) is 12.6. The quantitative estimate of drug-likeness (QED) is 0.818. The third kappa shape index (κ3) is 4.88. The van der Waals surface area contributed by atoms with E-state index in [0.717, 1.165) is 36.8 Å². The molecule has 2 amide bonds. The van der Waals surface area contributed by atoms with Gasteiger partial charge in [0.15, 0.2) is 0 Å². The summed E-state index contributed by atoms with van der Waals surface area (Å²) in [5.74, 6) is 0.961. The smallest absolute Gasteiger partial charge is 0.319 e. The highest BCUT2D eigenvalue weighted by atomic mass is 32.2. The van der Waals surface area contributed by atoms with Crippen LogP contribution in [0.2, 0.25) is 0 Å². The molecular weight excluding hydrogens is 268 g/mol. The van der Waals surface area contributed by atoms with E-state index in [9.17, 15) is 4.79 Å². The van der Waals surface area contributed by atoms with Gasteiger partial charge in [-0.2, -0.15) is 11.8 Å². The lowest BCUT2D eigenvalue weighted by Crippen LogP contribution is -2.30. The van der Waals surface area contributed by atoms with Crippen LogP contribution in [0.5, 0.6) is 0 Å². The van der Waals surface area contributed by atoms with Gasteiger partial charge in [-0.05, 0) is 30.4 Å². The van der Waals surface area contributed by atoms with Crippen LogP contribution in [0.15, 0.2) is 17.5 Å². The van der Waals surface area contributed by atoms with Crippen molar-refractivity contribution in [3.63, 3.8) is 0 Å². The number of nitrogens with one attached hydrogen (secondary N) is 2. The summed E-state index contributed by atoms with van der Waals surface area (Å²) in [6, 6.07) is 3.69. The number of rotatable bonds is 5. The maximum atomic E-state index is 11.5. The van der Waals surface area contributed by atoms with E-state index >= 15 is 0 Å². The number of carbonyl (C=O) groups is 1. The van der Waals surface area contributed by atoms with Crippen molar-refractivity contribution in [2.75, 3.05) is 30.8 Å². The van der Waals surface area contributed by atoms with Gasteiger partial charge in [-0.25, -0.2) is 4.79 Å². The van der Waals surface area contributed by atoms with Gasteiger partial charge in [0.05, 0.1) is 5.00 Å². The molecule has 1 saturated heterocycles. The highest BCUT2D eigenvalue weighted by Crippen LogP contribution is 2.21. The van der Waals surface area contributed by atoms with Gasteiger partial charge in [-0.15, -0.1) is 11.3 Å². The maximum Gasteiger partial charge on any atom is 0.319 e. The lowest BCUT2D eigenvalue weighted by molar-refractivity contribution is 0.100. The fraction of sp³-hybridized carbons (Fsp3) is 0.583. The molecule has 1 aromatic heterocycles. The van der Waals surface area contributed by atoms with Gasteiger partial charge in [-0.3, -0.25) is 5.32 Å². The van der Waals surface area contributed by atoms with E-state index in [1.54, 1.807) is 0 Å². The van der Waals surface area contributed by atoms with Crippen LogP contribution in [-0.4, -0.2) is 36.8 Å². The van der Waals surface area contributed by atoms with Gasteiger partial charge in [0.1, 0.15) is 0 Å². The van der Waals surface area contributed by atoms with Crippen molar-refractivity contribution in [1.82, 2.24) is 5.32 Å². The van der Waals surface area contributed by atoms with E-state index in [1.807, 2.05) is 29.3 Å². The van der Waals surface area contributed by atoms with Gasteiger partial charge in [0, 0.05) is 30.8 Å². The van der Waals surface area contributed by atoms with E-state index in [2.05, 4.69) is 10.6 Å². The molecule has 0 aliphatic carbocycles. The van der Waals surface area contributed by atoms with Gasteiger partial charge in [0.2, 0.25) is 0 Å². The molecule has 1 fully saturated rings.